The molecular formula is C12H3Br3FNOS. The van der Waals surface area contributed by atoms with Crippen molar-refractivity contribution in [2.24, 2.45) is 0 Å². The Morgan fingerprint density at radius 3 is 2.58 bits per heavy atom. The van der Waals surface area contributed by atoms with Gasteiger partial charge in [-0.25, -0.2) is 9.37 Å². The molecule has 0 radical (unpaired) electrons. The van der Waals surface area contributed by atoms with Crippen LogP contribution in [0.5, 0.6) is 0 Å². The largest absolute Gasteiger partial charge is 0.287 e. The quantitative estimate of drug-likeness (QED) is 0.336. The first kappa shape index (κ1) is 13.6. The average molecular weight is 468 g/mol. The topological polar surface area (TPSA) is 30.0 Å². The van der Waals surface area contributed by atoms with E-state index in [2.05, 4.69) is 52.8 Å². The molecule has 1 aromatic carbocycles. The molecule has 2 aliphatic rings. The first-order chi connectivity index (χ1) is 8.99. The number of fused-ring (bicyclic) bond motifs is 2. The van der Waals surface area contributed by atoms with E-state index in [0.717, 1.165) is 9.58 Å². The van der Waals surface area contributed by atoms with Gasteiger partial charge in [-0.05, 0) is 59.9 Å². The number of rotatable bonds is 0. The molecule has 1 aromatic rings. The SMILES string of the molecule is O=c1c(Br)c2sc3ccc(F)cc3nc-2c(Br)c1Br. The maximum absolute atomic E-state index is 13.2. The van der Waals surface area contributed by atoms with Crippen LogP contribution in [0.25, 0.3) is 20.8 Å². The molecule has 3 rings (SSSR count). The number of halogens is 4. The van der Waals surface area contributed by atoms with Crippen LogP contribution in [0.3, 0.4) is 0 Å². The number of benzene rings is 2. The van der Waals surface area contributed by atoms with E-state index >= 15 is 0 Å². The van der Waals surface area contributed by atoms with Crippen LogP contribution in [-0.4, -0.2) is 4.98 Å². The van der Waals surface area contributed by atoms with Crippen molar-refractivity contribution in [2.45, 2.75) is 0 Å². The third-order valence-electron chi connectivity index (χ3n) is 2.58. The second-order valence-corrected chi connectivity index (χ2v) is 7.21. The minimum Gasteiger partial charge on any atom is -0.287 e. The highest BCUT2D eigenvalue weighted by molar-refractivity contribution is 9.13. The zero-order valence-corrected chi connectivity index (χ0v) is 14.6. The van der Waals surface area contributed by atoms with Gasteiger partial charge in [-0.15, -0.1) is 11.3 Å². The molecule has 1 aliphatic heterocycles. The van der Waals surface area contributed by atoms with Gasteiger partial charge in [0.1, 0.15) is 5.82 Å². The van der Waals surface area contributed by atoms with Gasteiger partial charge in [0.2, 0.25) is 5.43 Å². The average Bonchev–Trinajstić information content (AvgIpc) is 2.41. The van der Waals surface area contributed by atoms with Crippen LogP contribution in [0, 0.1) is 5.82 Å². The Balaban J connectivity index is 2.55. The maximum atomic E-state index is 13.2. The monoisotopic (exact) mass is 465 g/mol. The summed E-state index contributed by atoms with van der Waals surface area (Å²) in [4.78, 5) is 17.1. The predicted molar refractivity (Wildman–Crippen MR) is 85.6 cm³/mol. The van der Waals surface area contributed by atoms with Crippen molar-refractivity contribution in [1.29, 1.82) is 0 Å². The van der Waals surface area contributed by atoms with Crippen molar-refractivity contribution in [3.8, 4) is 10.6 Å². The van der Waals surface area contributed by atoms with Crippen molar-refractivity contribution in [2.75, 3.05) is 0 Å². The fraction of sp³-hybridized carbons (Fsp3) is 0. The van der Waals surface area contributed by atoms with Crippen LogP contribution in [0.15, 0.2) is 36.4 Å². The van der Waals surface area contributed by atoms with Gasteiger partial charge in [0.15, 0.2) is 0 Å². The van der Waals surface area contributed by atoms with Crippen LogP contribution in [-0.2, 0) is 0 Å². The van der Waals surface area contributed by atoms with Crippen molar-refractivity contribution in [3.05, 3.63) is 47.7 Å². The molecule has 19 heavy (non-hydrogen) atoms. The fourth-order valence-electron chi connectivity index (χ4n) is 1.69. The van der Waals surface area contributed by atoms with Gasteiger partial charge in [-0.3, -0.25) is 4.79 Å². The highest BCUT2D eigenvalue weighted by Gasteiger charge is 2.21. The summed E-state index contributed by atoms with van der Waals surface area (Å²) in [5.74, 6) is -0.332. The summed E-state index contributed by atoms with van der Waals surface area (Å²) in [5.41, 5.74) is 1.05. The molecule has 96 valence electrons. The Morgan fingerprint density at radius 2 is 1.84 bits per heavy atom. The second kappa shape index (κ2) is 4.87. The molecule has 0 saturated heterocycles. The lowest BCUT2D eigenvalue weighted by Gasteiger charge is -2.11. The van der Waals surface area contributed by atoms with Gasteiger partial charge < -0.3 is 0 Å². The Bertz CT molecular complexity index is 849. The maximum Gasteiger partial charge on any atom is 0.209 e. The molecule has 0 fully saturated rings. The van der Waals surface area contributed by atoms with Gasteiger partial charge in [0.05, 0.1) is 34.2 Å². The summed E-state index contributed by atoms with van der Waals surface area (Å²) in [7, 11) is 0. The third-order valence-corrected chi connectivity index (χ3v) is 6.83. The summed E-state index contributed by atoms with van der Waals surface area (Å²) in [6.07, 6.45) is 0. The van der Waals surface area contributed by atoms with Gasteiger partial charge in [-0.1, -0.05) is 0 Å². The van der Waals surface area contributed by atoms with Crippen LogP contribution >= 0.6 is 59.1 Å². The molecule has 0 spiro atoms. The minimum atomic E-state index is -0.332. The molecule has 0 unspecified atom stereocenters. The predicted octanol–water partition coefficient (Wildman–Crippen LogP) is 5.19. The first-order valence-electron chi connectivity index (χ1n) is 5.05. The van der Waals surface area contributed by atoms with Gasteiger partial charge in [-0.2, -0.15) is 0 Å². The molecule has 0 N–H and O–H groups in total. The van der Waals surface area contributed by atoms with Crippen molar-refractivity contribution in [1.82, 2.24) is 4.98 Å². The summed E-state index contributed by atoms with van der Waals surface area (Å²) >= 11 is 11.3. The van der Waals surface area contributed by atoms with E-state index in [0.29, 0.717) is 24.6 Å². The Morgan fingerprint density at radius 1 is 1.11 bits per heavy atom. The normalized spacial score (nSPS) is 11.4. The van der Waals surface area contributed by atoms with Gasteiger partial charge in [0, 0.05) is 6.07 Å². The lowest BCUT2D eigenvalue weighted by molar-refractivity contribution is 0.629. The molecule has 2 nitrogen and oxygen atoms in total. The van der Waals surface area contributed by atoms with Gasteiger partial charge >= 0.3 is 0 Å². The second-order valence-electron chi connectivity index (χ2n) is 3.77. The van der Waals surface area contributed by atoms with E-state index in [1.165, 1.54) is 23.5 Å². The number of nitrogens with zero attached hydrogens (tertiary/aromatic N) is 1. The Kier molecular flexibility index (Phi) is 3.49. The molecule has 0 amide bonds. The number of hydrogen-bond donors (Lipinski definition) is 0. The first-order valence-corrected chi connectivity index (χ1v) is 8.25. The molecule has 7 heteroatoms. The highest BCUT2D eigenvalue weighted by Crippen LogP contribution is 2.41. The summed E-state index contributed by atoms with van der Waals surface area (Å²) < 4.78 is 15.5. The van der Waals surface area contributed by atoms with E-state index in [9.17, 15) is 9.18 Å². The third kappa shape index (κ3) is 2.16. The smallest absolute Gasteiger partial charge is 0.209 e. The minimum absolute atomic E-state index is 0.140. The van der Waals surface area contributed by atoms with Crippen LogP contribution in [0.1, 0.15) is 0 Å². The molecule has 0 aromatic heterocycles. The molecule has 0 bridgehead atoms. The van der Waals surface area contributed by atoms with Crippen LogP contribution < -0.4 is 5.43 Å². The number of hydrogen-bond acceptors (Lipinski definition) is 3. The van der Waals surface area contributed by atoms with Crippen molar-refractivity contribution >= 4 is 69.3 Å². The van der Waals surface area contributed by atoms with E-state index in [4.69, 9.17) is 0 Å². The summed E-state index contributed by atoms with van der Waals surface area (Å²) in [5, 5.41) is 0. The Labute approximate surface area is 136 Å². The number of aromatic nitrogens is 1. The van der Waals surface area contributed by atoms with Crippen molar-refractivity contribution < 1.29 is 4.39 Å². The van der Waals surface area contributed by atoms with E-state index in [-0.39, 0.29) is 11.2 Å². The standard InChI is InChI=1S/C12H3Br3FNOS/c13-7-8(14)11(18)9(15)12-10(7)17-5-3-4(16)1-2-6(5)19-12/h1-3H. The van der Waals surface area contributed by atoms with Crippen molar-refractivity contribution in [3.63, 3.8) is 0 Å². The lowest BCUT2D eigenvalue weighted by Crippen LogP contribution is -2.07. The fourth-order valence-corrected chi connectivity index (χ4v) is 4.57. The molecule has 0 saturated carbocycles. The molecule has 0 atom stereocenters. The van der Waals surface area contributed by atoms with E-state index < -0.39 is 0 Å². The molecular weight excluding hydrogens is 465 g/mol. The van der Waals surface area contributed by atoms with E-state index in [1.54, 1.807) is 6.07 Å². The summed E-state index contributed by atoms with van der Waals surface area (Å²) in [6, 6.07) is 4.42. The zero-order chi connectivity index (χ0) is 13.7. The van der Waals surface area contributed by atoms with Gasteiger partial charge in [0.25, 0.3) is 0 Å². The molecule has 1 heterocycles. The Hall–Kier alpha value is -0.370. The zero-order valence-electron chi connectivity index (χ0n) is 9.01. The lowest BCUT2D eigenvalue weighted by atomic mass is 10.2. The van der Waals surface area contributed by atoms with Crippen LogP contribution in [0.4, 0.5) is 4.39 Å². The molecule has 1 aliphatic carbocycles. The van der Waals surface area contributed by atoms with Crippen LogP contribution in [0.2, 0.25) is 0 Å². The highest BCUT2D eigenvalue weighted by atomic mass is 79.9. The van der Waals surface area contributed by atoms with E-state index in [1.807, 2.05) is 0 Å². The summed E-state index contributed by atoms with van der Waals surface area (Å²) in [6.45, 7) is 0.